The van der Waals surface area contributed by atoms with Crippen LogP contribution in [0.2, 0.25) is 0 Å². The van der Waals surface area contributed by atoms with E-state index >= 15 is 0 Å². The van der Waals surface area contributed by atoms with Gasteiger partial charge in [0.05, 0.1) is 0 Å². The van der Waals surface area contributed by atoms with Gasteiger partial charge in [-0.15, -0.1) is 0 Å². The second kappa shape index (κ2) is 11.6. The number of hydrogen-bond donors (Lipinski definition) is 0. The van der Waals surface area contributed by atoms with Crippen LogP contribution >= 0.6 is 0 Å². The Balaban J connectivity index is 1.39. The summed E-state index contributed by atoms with van der Waals surface area (Å²) in [6.45, 7) is 23.6. The minimum absolute atomic E-state index is 0.0407. The van der Waals surface area contributed by atoms with Crippen LogP contribution in [0.4, 0.5) is 22.7 Å². The number of aryl methyl sites for hydroxylation is 2. The van der Waals surface area contributed by atoms with Gasteiger partial charge in [0.2, 0.25) is 0 Å². The van der Waals surface area contributed by atoms with Gasteiger partial charge in [0.1, 0.15) is 0 Å². The van der Waals surface area contributed by atoms with Crippen molar-refractivity contribution in [1.29, 1.82) is 0 Å². The van der Waals surface area contributed by atoms with E-state index in [1.807, 2.05) is 0 Å². The molecule has 2 aliphatic heterocycles. The molecule has 0 saturated carbocycles. The van der Waals surface area contributed by atoms with Gasteiger partial charge in [0.15, 0.2) is 0 Å². The molecule has 2 heteroatoms. The third kappa shape index (κ3) is 4.65. The smallest absolute Gasteiger partial charge is 0.0487 e. The number of anilines is 4. The summed E-state index contributed by atoms with van der Waals surface area (Å²) in [5.41, 5.74) is 15.1. The first-order chi connectivity index (χ1) is 25.6. The van der Waals surface area contributed by atoms with Crippen molar-refractivity contribution >= 4 is 44.3 Å². The Bertz CT molecular complexity index is 2470. The molecule has 0 unspecified atom stereocenters. The number of hydrogen-bond acceptors (Lipinski definition) is 2. The predicted octanol–water partition coefficient (Wildman–Crippen LogP) is 14.4. The molecule has 0 N–H and O–H groups in total. The molecule has 2 heterocycles. The lowest BCUT2D eigenvalue weighted by molar-refractivity contribution is 0.330. The van der Waals surface area contributed by atoms with Crippen molar-refractivity contribution in [2.45, 2.75) is 91.1 Å². The van der Waals surface area contributed by atoms with Crippen LogP contribution < -0.4 is 9.80 Å². The highest BCUT2D eigenvalue weighted by Gasteiger charge is 2.52. The van der Waals surface area contributed by atoms with Crippen molar-refractivity contribution in [3.8, 4) is 22.3 Å². The topological polar surface area (TPSA) is 6.48 Å². The normalized spacial score (nSPS) is 17.6. The minimum atomic E-state index is -0.147. The summed E-state index contributed by atoms with van der Waals surface area (Å²) in [5.74, 6) is 0. The van der Waals surface area contributed by atoms with Gasteiger partial charge in [-0.3, -0.25) is 0 Å². The van der Waals surface area contributed by atoms with Gasteiger partial charge in [0, 0.05) is 44.7 Å². The monoisotopic (exact) mass is 704 g/mol. The Morgan fingerprint density at radius 2 is 0.759 bits per heavy atom. The molecule has 0 fully saturated rings. The predicted molar refractivity (Wildman–Crippen MR) is 233 cm³/mol. The summed E-state index contributed by atoms with van der Waals surface area (Å²) >= 11 is 0. The van der Waals surface area contributed by atoms with Crippen LogP contribution in [0.1, 0.15) is 77.6 Å². The molecule has 0 aromatic heterocycles. The third-order valence-corrected chi connectivity index (χ3v) is 14.0. The van der Waals surface area contributed by atoms with Gasteiger partial charge in [-0.2, -0.15) is 0 Å². The molecule has 0 atom stereocenters. The van der Waals surface area contributed by atoms with Crippen LogP contribution in [-0.4, -0.2) is 11.1 Å². The number of rotatable bonds is 4. The number of nitrogens with zero attached hydrogens (tertiary/aromatic N) is 2. The van der Waals surface area contributed by atoms with Crippen molar-refractivity contribution in [3.63, 3.8) is 0 Å². The average molecular weight is 705 g/mol. The standard InChI is InChI=1S/C52H52N2/c1-33-17-15-19-35(29-33)47-39-27-25-38(54-46-24-14-12-22-44(46)50(5,6)52(54,9)10)32-42(39)48(36-20-16-18-34(2)30-36)40-28-26-37(31-41(40)47)53-45-23-13-11-21-43(45)49(3,4)51(53,7)8/h11-32H,1-10H3. The average Bonchev–Trinajstić information content (AvgIpc) is 3.40. The van der Waals surface area contributed by atoms with E-state index in [9.17, 15) is 0 Å². The van der Waals surface area contributed by atoms with E-state index in [1.165, 1.54) is 88.8 Å². The fourth-order valence-electron chi connectivity index (χ4n) is 9.84. The third-order valence-electron chi connectivity index (χ3n) is 14.0. The zero-order valence-electron chi connectivity index (χ0n) is 33.6. The Morgan fingerprint density at radius 1 is 0.370 bits per heavy atom. The molecule has 0 saturated heterocycles. The van der Waals surface area contributed by atoms with E-state index in [0.717, 1.165) is 0 Å². The van der Waals surface area contributed by atoms with E-state index in [4.69, 9.17) is 0 Å². The summed E-state index contributed by atoms with van der Waals surface area (Å²) in [4.78, 5) is 5.19. The van der Waals surface area contributed by atoms with Crippen LogP contribution in [0.25, 0.3) is 43.8 Å². The Hall–Kier alpha value is -5.34. The van der Waals surface area contributed by atoms with Crippen LogP contribution in [-0.2, 0) is 10.8 Å². The lowest BCUT2D eigenvalue weighted by Crippen LogP contribution is -2.48. The van der Waals surface area contributed by atoms with E-state index < -0.39 is 0 Å². The molecule has 0 radical (unpaired) electrons. The minimum Gasteiger partial charge on any atom is -0.335 e. The summed E-state index contributed by atoms with van der Waals surface area (Å²) in [5, 5.41) is 5.11. The zero-order chi connectivity index (χ0) is 37.9. The summed E-state index contributed by atoms with van der Waals surface area (Å²) in [6.07, 6.45) is 0. The summed E-state index contributed by atoms with van der Waals surface area (Å²) in [6, 6.07) is 50.7. The van der Waals surface area contributed by atoms with Crippen molar-refractivity contribution in [2.24, 2.45) is 0 Å². The van der Waals surface area contributed by atoms with Gasteiger partial charge in [-0.25, -0.2) is 0 Å². The van der Waals surface area contributed by atoms with E-state index in [2.05, 4.69) is 212 Å². The van der Waals surface area contributed by atoms with Gasteiger partial charge in [-0.1, -0.05) is 136 Å². The van der Waals surface area contributed by atoms with Crippen LogP contribution in [0.3, 0.4) is 0 Å². The molecule has 0 spiro atoms. The van der Waals surface area contributed by atoms with Gasteiger partial charge >= 0.3 is 0 Å². The maximum absolute atomic E-state index is 2.59. The highest BCUT2D eigenvalue weighted by molar-refractivity contribution is 6.22. The van der Waals surface area contributed by atoms with Crippen molar-refractivity contribution in [2.75, 3.05) is 9.80 Å². The first-order valence-electron chi connectivity index (χ1n) is 19.6. The molecule has 7 aromatic rings. The molecule has 2 aliphatic rings. The maximum atomic E-state index is 2.59. The second-order valence-electron chi connectivity index (χ2n) is 18.0. The molecular weight excluding hydrogens is 653 g/mol. The maximum Gasteiger partial charge on any atom is 0.0487 e. The van der Waals surface area contributed by atoms with Gasteiger partial charge in [-0.05, 0) is 133 Å². The highest BCUT2D eigenvalue weighted by Crippen LogP contribution is 2.57. The largest absolute Gasteiger partial charge is 0.335 e. The van der Waals surface area contributed by atoms with Gasteiger partial charge in [0.25, 0.3) is 0 Å². The van der Waals surface area contributed by atoms with Crippen LogP contribution in [0.15, 0.2) is 133 Å². The zero-order valence-corrected chi connectivity index (χ0v) is 33.6. The molecular formula is C52H52N2. The van der Waals surface area contributed by atoms with Gasteiger partial charge < -0.3 is 9.80 Å². The summed E-state index contributed by atoms with van der Waals surface area (Å²) in [7, 11) is 0. The number of fused-ring (bicyclic) bond motifs is 4. The fraction of sp³-hybridized carbons (Fsp3) is 0.269. The SMILES string of the molecule is Cc1cccc(-c2c3ccc(N4c5ccccc5C(C)(C)C4(C)C)cc3c(-c3cccc(C)c3)c3ccc(N4c5ccccc5C(C)(C)C4(C)C)cc23)c1. The molecule has 270 valence electrons. The van der Waals surface area contributed by atoms with Crippen LogP contribution in [0, 0.1) is 13.8 Å². The molecule has 2 nitrogen and oxygen atoms in total. The Labute approximate surface area is 322 Å². The number of benzene rings is 7. The molecule has 54 heavy (non-hydrogen) atoms. The molecule has 0 aliphatic carbocycles. The van der Waals surface area contributed by atoms with Crippen LogP contribution in [0.5, 0.6) is 0 Å². The first-order valence-corrected chi connectivity index (χ1v) is 19.6. The highest BCUT2D eigenvalue weighted by atomic mass is 15.2. The van der Waals surface area contributed by atoms with E-state index in [-0.39, 0.29) is 21.9 Å². The van der Waals surface area contributed by atoms with E-state index in [1.54, 1.807) is 0 Å². The Kier molecular flexibility index (Phi) is 7.38. The molecule has 0 amide bonds. The fourth-order valence-corrected chi connectivity index (χ4v) is 9.84. The number of para-hydroxylation sites is 2. The molecule has 9 rings (SSSR count). The second-order valence-corrected chi connectivity index (χ2v) is 18.0. The van der Waals surface area contributed by atoms with Crippen molar-refractivity contribution in [1.82, 2.24) is 0 Å². The van der Waals surface area contributed by atoms with Crippen molar-refractivity contribution < 1.29 is 0 Å². The molecule has 0 bridgehead atoms. The Morgan fingerprint density at radius 3 is 1.15 bits per heavy atom. The summed E-state index contributed by atoms with van der Waals surface area (Å²) < 4.78 is 0. The quantitative estimate of drug-likeness (QED) is 0.168. The van der Waals surface area contributed by atoms with E-state index in [0.29, 0.717) is 0 Å². The van der Waals surface area contributed by atoms with Crippen molar-refractivity contribution in [3.05, 3.63) is 156 Å². The lowest BCUT2D eigenvalue weighted by Gasteiger charge is -2.43. The lowest BCUT2D eigenvalue weighted by atomic mass is 9.72. The molecule has 7 aromatic carbocycles. The first kappa shape index (κ1) is 34.4.